The standard InChI is InChI=1S/C13H24O6/c1-6(2)7(14)11-9(16)8(15)10(17)12(18-11)19-13(3,4)5/h6,8-12,15-17H,1-5H3/t8?,9-,10+,11?,12-/m0/s1. The van der Waals surface area contributed by atoms with Crippen molar-refractivity contribution in [1.29, 1.82) is 0 Å². The summed E-state index contributed by atoms with van der Waals surface area (Å²) in [4.78, 5) is 11.9. The van der Waals surface area contributed by atoms with Crippen LogP contribution in [0.25, 0.3) is 0 Å². The summed E-state index contributed by atoms with van der Waals surface area (Å²) in [6.07, 6.45) is -6.67. The van der Waals surface area contributed by atoms with Gasteiger partial charge >= 0.3 is 0 Å². The molecule has 1 saturated heterocycles. The normalized spacial score (nSPS) is 36.6. The fourth-order valence-electron chi connectivity index (χ4n) is 1.86. The average Bonchev–Trinajstić information content (AvgIpc) is 2.27. The zero-order chi connectivity index (χ0) is 15.0. The molecule has 0 spiro atoms. The second-order valence-electron chi connectivity index (χ2n) is 6.18. The van der Waals surface area contributed by atoms with Gasteiger partial charge in [-0.05, 0) is 20.8 Å². The topological polar surface area (TPSA) is 96.2 Å². The van der Waals surface area contributed by atoms with Crippen LogP contribution >= 0.6 is 0 Å². The smallest absolute Gasteiger partial charge is 0.187 e. The minimum atomic E-state index is -1.48. The molecule has 2 unspecified atom stereocenters. The Labute approximate surface area is 113 Å². The van der Waals surface area contributed by atoms with Crippen molar-refractivity contribution in [2.45, 2.75) is 70.9 Å². The lowest BCUT2D eigenvalue weighted by Crippen LogP contribution is -2.61. The molecular weight excluding hydrogens is 252 g/mol. The number of rotatable bonds is 3. The second-order valence-corrected chi connectivity index (χ2v) is 6.18. The third kappa shape index (κ3) is 3.97. The molecule has 0 bridgehead atoms. The van der Waals surface area contributed by atoms with E-state index in [4.69, 9.17) is 9.47 Å². The molecule has 1 fully saturated rings. The number of Topliss-reactive ketones (excluding diaryl/α,β-unsaturated/α-hetero) is 1. The second kappa shape index (κ2) is 5.85. The van der Waals surface area contributed by atoms with Crippen LogP contribution in [0.2, 0.25) is 0 Å². The molecule has 1 heterocycles. The quantitative estimate of drug-likeness (QED) is 0.662. The molecule has 1 aliphatic heterocycles. The SMILES string of the molecule is CC(C)C(=O)C1O[C@@H](OC(C)(C)C)[C@H](O)C(O)[C@@H]1O. The van der Waals surface area contributed by atoms with E-state index in [9.17, 15) is 20.1 Å². The van der Waals surface area contributed by atoms with Crippen LogP contribution in [-0.2, 0) is 14.3 Å². The van der Waals surface area contributed by atoms with Gasteiger partial charge in [-0.25, -0.2) is 0 Å². The van der Waals surface area contributed by atoms with E-state index in [1.807, 2.05) is 0 Å². The van der Waals surface area contributed by atoms with Crippen LogP contribution in [-0.4, -0.2) is 57.4 Å². The molecule has 112 valence electrons. The maximum Gasteiger partial charge on any atom is 0.187 e. The molecule has 19 heavy (non-hydrogen) atoms. The number of ether oxygens (including phenoxy) is 2. The number of carbonyl (C=O) groups excluding carboxylic acids is 1. The molecule has 6 heteroatoms. The van der Waals surface area contributed by atoms with E-state index in [0.717, 1.165) is 0 Å². The van der Waals surface area contributed by atoms with Crippen molar-refractivity contribution in [3.63, 3.8) is 0 Å². The molecule has 0 aromatic carbocycles. The first kappa shape index (κ1) is 16.5. The van der Waals surface area contributed by atoms with Gasteiger partial charge in [-0.2, -0.15) is 0 Å². The van der Waals surface area contributed by atoms with Crippen molar-refractivity contribution < 1.29 is 29.6 Å². The van der Waals surface area contributed by atoms with Crippen LogP contribution in [0.1, 0.15) is 34.6 Å². The van der Waals surface area contributed by atoms with E-state index < -0.39 is 36.3 Å². The minimum absolute atomic E-state index is 0.332. The van der Waals surface area contributed by atoms with Crippen LogP contribution in [0.5, 0.6) is 0 Å². The Morgan fingerprint density at radius 2 is 1.63 bits per heavy atom. The monoisotopic (exact) mass is 276 g/mol. The summed E-state index contributed by atoms with van der Waals surface area (Å²) in [6.45, 7) is 8.64. The number of aliphatic hydroxyl groups excluding tert-OH is 3. The molecule has 3 N–H and O–H groups in total. The summed E-state index contributed by atoms with van der Waals surface area (Å²) in [5.41, 5.74) is -0.612. The highest BCUT2D eigenvalue weighted by Crippen LogP contribution is 2.27. The fourth-order valence-corrected chi connectivity index (χ4v) is 1.86. The number of hydrogen-bond donors (Lipinski definition) is 3. The van der Waals surface area contributed by atoms with Gasteiger partial charge in [-0.1, -0.05) is 13.8 Å². The van der Waals surface area contributed by atoms with Gasteiger partial charge in [-0.15, -0.1) is 0 Å². The summed E-state index contributed by atoms with van der Waals surface area (Å²) < 4.78 is 10.8. The molecule has 0 aliphatic carbocycles. The third-order valence-corrected chi connectivity index (χ3v) is 2.89. The van der Waals surface area contributed by atoms with Crippen molar-refractivity contribution in [3.8, 4) is 0 Å². The molecular formula is C13H24O6. The summed E-state index contributed by atoms with van der Waals surface area (Å²) >= 11 is 0. The van der Waals surface area contributed by atoms with E-state index >= 15 is 0 Å². The average molecular weight is 276 g/mol. The maximum absolute atomic E-state index is 11.9. The Morgan fingerprint density at radius 3 is 2.05 bits per heavy atom. The highest BCUT2D eigenvalue weighted by Gasteiger charge is 2.48. The summed E-state index contributed by atoms with van der Waals surface area (Å²) in [5, 5.41) is 29.5. The van der Waals surface area contributed by atoms with Crippen molar-refractivity contribution in [3.05, 3.63) is 0 Å². The van der Waals surface area contributed by atoms with Gasteiger partial charge in [0, 0.05) is 5.92 Å². The van der Waals surface area contributed by atoms with Gasteiger partial charge in [0.05, 0.1) is 5.60 Å². The number of ketones is 1. The first-order valence-corrected chi connectivity index (χ1v) is 6.46. The Hall–Kier alpha value is -0.530. The number of aliphatic hydroxyl groups is 3. The van der Waals surface area contributed by atoms with Crippen LogP contribution in [0, 0.1) is 5.92 Å². The fraction of sp³-hybridized carbons (Fsp3) is 0.923. The summed E-state index contributed by atoms with van der Waals surface area (Å²) in [5.74, 6) is -0.682. The molecule has 1 rings (SSSR count). The molecule has 1 aliphatic rings. The highest BCUT2D eigenvalue weighted by atomic mass is 16.7. The predicted octanol–water partition coefficient (Wildman–Crippen LogP) is -0.166. The molecule has 0 saturated carbocycles. The first-order valence-electron chi connectivity index (χ1n) is 6.46. The van der Waals surface area contributed by atoms with Gasteiger partial charge < -0.3 is 24.8 Å². The van der Waals surface area contributed by atoms with Crippen molar-refractivity contribution in [2.75, 3.05) is 0 Å². The van der Waals surface area contributed by atoms with Gasteiger partial charge in [-0.3, -0.25) is 4.79 Å². The Morgan fingerprint density at radius 1 is 1.11 bits per heavy atom. The van der Waals surface area contributed by atoms with E-state index in [2.05, 4.69) is 0 Å². The van der Waals surface area contributed by atoms with E-state index in [0.29, 0.717) is 0 Å². The number of hydrogen-bond acceptors (Lipinski definition) is 6. The van der Waals surface area contributed by atoms with Gasteiger partial charge in [0.15, 0.2) is 12.1 Å². The molecule has 5 atom stereocenters. The zero-order valence-corrected chi connectivity index (χ0v) is 12.0. The predicted molar refractivity (Wildman–Crippen MR) is 67.4 cm³/mol. The van der Waals surface area contributed by atoms with Crippen molar-refractivity contribution >= 4 is 5.78 Å². The van der Waals surface area contributed by atoms with Crippen molar-refractivity contribution in [1.82, 2.24) is 0 Å². The molecule has 0 aromatic heterocycles. The number of carbonyl (C=O) groups is 1. The van der Waals surface area contributed by atoms with Crippen molar-refractivity contribution in [2.24, 2.45) is 5.92 Å². The lowest BCUT2D eigenvalue weighted by Gasteiger charge is -2.42. The lowest BCUT2D eigenvalue weighted by atomic mass is 9.92. The van der Waals surface area contributed by atoms with Crippen LogP contribution in [0.4, 0.5) is 0 Å². The Kier molecular flexibility index (Phi) is 5.08. The van der Waals surface area contributed by atoms with Crippen LogP contribution in [0.3, 0.4) is 0 Å². The Balaban J connectivity index is 2.88. The molecule has 0 amide bonds. The van der Waals surface area contributed by atoms with E-state index in [1.165, 1.54) is 0 Å². The van der Waals surface area contributed by atoms with Crippen LogP contribution in [0.15, 0.2) is 0 Å². The zero-order valence-electron chi connectivity index (χ0n) is 12.0. The van der Waals surface area contributed by atoms with Gasteiger partial charge in [0.25, 0.3) is 0 Å². The summed E-state index contributed by atoms with van der Waals surface area (Å²) in [7, 11) is 0. The third-order valence-electron chi connectivity index (χ3n) is 2.89. The van der Waals surface area contributed by atoms with E-state index in [1.54, 1.807) is 34.6 Å². The molecule has 0 radical (unpaired) electrons. The highest BCUT2D eigenvalue weighted by molar-refractivity contribution is 5.85. The minimum Gasteiger partial charge on any atom is -0.387 e. The van der Waals surface area contributed by atoms with E-state index in [-0.39, 0.29) is 11.7 Å². The molecule has 6 nitrogen and oxygen atoms in total. The maximum atomic E-state index is 11.9. The lowest BCUT2D eigenvalue weighted by molar-refractivity contribution is -0.311. The first-order chi connectivity index (χ1) is 8.54. The summed E-state index contributed by atoms with van der Waals surface area (Å²) in [6, 6.07) is 0. The van der Waals surface area contributed by atoms with Gasteiger partial charge in [0.2, 0.25) is 0 Å². The van der Waals surface area contributed by atoms with Gasteiger partial charge in [0.1, 0.15) is 24.4 Å². The molecule has 0 aromatic rings. The Bertz CT molecular complexity index is 322. The van der Waals surface area contributed by atoms with Crippen LogP contribution < -0.4 is 0 Å². The largest absolute Gasteiger partial charge is 0.387 e.